The van der Waals surface area contributed by atoms with Gasteiger partial charge in [-0.2, -0.15) is 17.8 Å². The molecule has 3 aromatic rings. The molecule has 196 valence electrons. The molecule has 2 saturated carbocycles. The van der Waals surface area contributed by atoms with Crippen LogP contribution in [-0.2, 0) is 10.2 Å². The highest BCUT2D eigenvalue weighted by atomic mass is 32.2. The van der Waals surface area contributed by atoms with Gasteiger partial charge in [0.05, 0.1) is 23.3 Å². The molecule has 1 atom stereocenters. The first-order valence-electron chi connectivity index (χ1n) is 12.8. The lowest BCUT2D eigenvalue weighted by atomic mass is 10.0. The van der Waals surface area contributed by atoms with Gasteiger partial charge in [-0.15, -0.1) is 0 Å². The number of hydrogen-bond donors (Lipinski definition) is 1. The Labute approximate surface area is 214 Å². The molecule has 2 aliphatic carbocycles. The fourth-order valence-electron chi connectivity index (χ4n) is 5.18. The second-order valence-electron chi connectivity index (χ2n) is 10.4. The van der Waals surface area contributed by atoms with Crippen molar-refractivity contribution in [2.75, 3.05) is 24.5 Å². The van der Waals surface area contributed by atoms with Gasteiger partial charge in [0.15, 0.2) is 0 Å². The third-order valence-corrected chi connectivity index (χ3v) is 8.95. The van der Waals surface area contributed by atoms with Crippen molar-refractivity contribution >= 4 is 27.3 Å². The molecule has 1 N–H and O–H groups in total. The van der Waals surface area contributed by atoms with Gasteiger partial charge in [0.2, 0.25) is 0 Å². The molecule has 3 heterocycles. The molecule has 37 heavy (non-hydrogen) atoms. The highest BCUT2D eigenvalue weighted by molar-refractivity contribution is 7.87. The summed E-state index contributed by atoms with van der Waals surface area (Å²) in [4.78, 5) is 15.2. The van der Waals surface area contributed by atoms with Crippen LogP contribution in [0.1, 0.15) is 60.5 Å². The van der Waals surface area contributed by atoms with Crippen LogP contribution in [0, 0.1) is 23.5 Å². The largest absolute Gasteiger partial charge is 0.364 e. The van der Waals surface area contributed by atoms with Crippen molar-refractivity contribution in [1.29, 1.82) is 0 Å². The van der Waals surface area contributed by atoms with Crippen molar-refractivity contribution in [3.63, 3.8) is 0 Å². The van der Waals surface area contributed by atoms with E-state index < -0.39 is 27.8 Å². The number of carbonyl (C=O) groups excluding carboxylic acids is 1. The highest BCUT2D eigenvalue weighted by Gasteiger charge is 2.36. The van der Waals surface area contributed by atoms with E-state index >= 15 is 0 Å². The van der Waals surface area contributed by atoms with Crippen LogP contribution in [-0.4, -0.2) is 47.9 Å². The number of fused-ring (bicyclic) bond motifs is 1. The minimum Gasteiger partial charge on any atom is -0.364 e. The van der Waals surface area contributed by atoms with Gasteiger partial charge in [-0.1, -0.05) is 0 Å². The fourth-order valence-corrected chi connectivity index (χ4v) is 6.46. The molecule has 3 fully saturated rings. The van der Waals surface area contributed by atoms with Crippen molar-refractivity contribution in [2.24, 2.45) is 11.8 Å². The third-order valence-electron chi connectivity index (χ3n) is 7.53. The molecule has 0 bridgehead atoms. The Bertz CT molecular complexity index is 1440. The average Bonchev–Trinajstić information content (AvgIpc) is 3.77. The lowest BCUT2D eigenvalue weighted by Crippen LogP contribution is -2.45. The Morgan fingerprint density at radius 2 is 1.78 bits per heavy atom. The number of rotatable bonds is 9. The van der Waals surface area contributed by atoms with E-state index in [4.69, 9.17) is 0 Å². The number of pyridine rings is 1. The molecule has 1 unspecified atom stereocenters. The Kier molecular flexibility index (Phi) is 6.15. The monoisotopic (exact) mass is 529 g/mol. The van der Waals surface area contributed by atoms with E-state index in [1.54, 1.807) is 18.3 Å². The van der Waals surface area contributed by atoms with Crippen molar-refractivity contribution in [1.82, 2.24) is 18.6 Å². The van der Waals surface area contributed by atoms with Crippen LogP contribution in [0.4, 0.5) is 14.5 Å². The number of carbonyl (C=O) groups is 1. The first-order chi connectivity index (χ1) is 17.8. The molecule has 2 aromatic heterocycles. The number of aromatic nitrogens is 2. The number of halogens is 2. The summed E-state index contributed by atoms with van der Waals surface area (Å²) in [6, 6.07) is 6.68. The third kappa shape index (κ3) is 5.06. The zero-order valence-corrected chi connectivity index (χ0v) is 21.1. The first kappa shape index (κ1) is 24.3. The smallest absolute Gasteiger partial charge is 0.304 e. The Morgan fingerprint density at radius 3 is 2.49 bits per heavy atom. The molecule has 3 aliphatic rings. The van der Waals surface area contributed by atoms with E-state index in [0.717, 1.165) is 49.9 Å². The maximum absolute atomic E-state index is 14.6. The predicted molar refractivity (Wildman–Crippen MR) is 134 cm³/mol. The Hall–Kier alpha value is -3.05. The van der Waals surface area contributed by atoms with Gasteiger partial charge < -0.3 is 4.90 Å². The Morgan fingerprint density at radius 1 is 1.05 bits per heavy atom. The molecule has 1 aromatic carbocycles. The maximum atomic E-state index is 14.6. The molecule has 8 nitrogen and oxygen atoms in total. The van der Waals surface area contributed by atoms with Gasteiger partial charge in [-0.05, 0) is 80.7 Å². The normalized spacial score (nSPS) is 20.2. The maximum Gasteiger partial charge on any atom is 0.304 e. The van der Waals surface area contributed by atoms with E-state index in [2.05, 4.69) is 9.82 Å². The van der Waals surface area contributed by atoms with Gasteiger partial charge >= 0.3 is 10.2 Å². The molecule has 1 saturated heterocycles. The summed E-state index contributed by atoms with van der Waals surface area (Å²) in [6.45, 7) is 1.51. The summed E-state index contributed by atoms with van der Waals surface area (Å²) >= 11 is 0. The van der Waals surface area contributed by atoms with Gasteiger partial charge in [-0.3, -0.25) is 4.79 Å². The molecule has 0 radical (unpaired) electrons. The molecular weight excluding hydrogens is 500 g/mol. The quantitative estimate of drug-likeness (QED) is 0.452. The second kappa shape index (κ2) is 9.36. The minimum atomic E-state index is -4.00. The SMILES string of the molecule is O=C(NS(=O)(=O)N(CC1CC1)CC1CC1)c1cnn2ccc(N3CCCC3c3cc(F)ccc3F)cc12. The van der Waals surface area contributed by atoms with Crippen LogP contribution in [0.2, 0.25) is 0 Å². The molecule has 1 amide bonds. The van der Waals surface area contributed by atoms with Crippen LogP contribution in [0.3, 0.4) is 0 Å². The van der Waals surface area contributed by atoms with Crippen LogP contribution in [0.15, 0.2) is 42.7 Å². The predicted octanol–water partition coefficient (Wildman–Crippen LogP) is 4.05. The lowest BCUT2D eigenvalue weighted by Gasteiger charge is -2.27. The number of nitrogens with one attached hydrogen (secondary N) is 1. The van der Waals surface area contributed by atoms with E-state index in [1.165, 1.54) is 21.1 Å². The average molecular weight is 530 g/mol. The topological polar surface area (TPSA) is 87.0 Å². The molecule has 11 heteroatoms. The zero-order chi connectivity index (χ0) is 25.7. The van der Waals surface area contributed by atoms with Crippen LogP contribution in [0.5, 0.6) is 0 Å². The van der Waals surface area contributed by atoms with Gasteiger partial charge in [0.25, 0.3) is 5.91 Å². The summed E-state index contributed by atoms with van der Waals surface area (Å²) in [5, 5.41) is 4.22. The molecular formula is C26H29F2N5O3S. The summed E-state index contributed by atoms with van der Waals surface area (Å²) in [6.07, 6.45) is 8.54. The molecule has 1 aliphatic heterocycles. The standard InChI is InChI=1S/C26H29F2N5O3S/c27-19-7-8-23(28)21(12-19)24-2-1-10-32(24)20-9-11-33-25(13-20)22(14-29-33)26(34)30-37(35,36)31(15-17-3-4-17)16-18-5-6-18/h7-9,11-14,17-18,24H,1-6,10,15-16H2,(H,30,34). The number of amides is 1. The van der Waals surface area contributed by atoms with E-state index in [1.807, 2.05) is 4.90 Å². The lowest BCUT2D eigenvalue weighted by molar-refractivity contribution is 0.0980. The summed E-state index contributed by atoms with van der Waals surface area (Å²) < 4.78 is 59.9. The first-order valence-corrected chi connectivity index (χ1v) is 14.2. The van der Waals surface area contributed by atoms with Crippen LogP contribution in [0.25, 0.3) is 5.52 Å². The van der Waals surface area contributed by atoms with E-state index in [9.17, 15) is 22.0 Å². The van der Waals surface area contributed by atoms with E-state index in [0.29, 0.717) is 49.0 Å². The van der Waals surface area contributed by atoms with E-state index in [-0.39, 0.29) is 11.6 Å². The molecule has 0 spiro atoms. The number of nitrogens with zero attached hydrogens (tertiary/aromatic N) is 4. The number of benzene rings is 1. The van der Waals surface area contributed by atoms with Crippen LogP contribution < -0.4 is 9.62 Å². The molecule has 6 rings (SSSR count). The van der Waals surface area contributed by atoms with Gasteiger partial charge in [-0.25, -0.2) is 18.0 Å². The van der Waals surface area contributed by atoms with Crippen LogP contribution >= 0.6 is 0 Å². The highest BCUT2D eigenvalue weighted by Crippen LogP contribution is 2.38. The summed E-state index contributed by atoms with van der Waals surface area (Å²) in [5.74, 6) is -0.969. The Balaban J connectivity index is 1.26. The number of anilines is 1. The van der Waals surface area contributed by atoms with Crippen molar-refractivity contribution in [3.05, 3.63) is 65.5 Å². The zero-order valence-electron chi connectivity index (χ0n) is 20.3. The number of hydrogen-bond acceptors (Lipinski definition) is 5. The summed E-state index contributed by atoms with van der Waals surface area (Å²) in [7, 11) is -4.00. The van der Waals surface area contributed by atoms with Crippen molar-refractivity contribution in [3.8, 4) is 0 Å². The minimum absolute atomic E-state index is 0.135. The second-order valence-corrected chi connectivity index (χ2v) is 12.1. The van der Waals surface area contributed by atoms with Crippen molar-refractivity contribution < 1.29 is 22.0 Å². The van der Waals surface area contributed by atoms with Crippen molar-refractivity contribution in [2.45, 2.75) is 44.6 Å². The van der Waals surface area contributed by atoms with Gasteiger partial charge in [0, 0.05) is 37.1 Å². The fraction of sp³-hybridized carbons (Fsp3) is 0.462. The summed E-state index contributed by atoms with van der Waals surface area (Å²) in [5.41, 5.74) is 1.59. The van der Waals surface area contributed by atoms with Gasteiger partial charge in [0.1, 0.15) is 11.6 Å².